The van der Waals surface area contributed by atoms with Gasteiger partial charge in [0.25, 0.3) is 5.91 Å². The number of nitrogens with zero attached hydrogens (tertiary/aromatic N) is 2. The Morgan fingerprint density at radius 2 is 1.91 bits per heavy atom. The first-order valence-electron chi connectivity index (χ1n) is 11.8. The fraction of sp³-hybridized carbons (Fsp3) is 0.520. The molecule has 182 valence electrons. The van der Waals surface area contributed by atoms with Crippen molar-refractivity contribution in [2.75, 3.05) is 26.4 Å². The van der Waals surface area contributed by atoms with Gasteiger partial charge in [-0.1, -0.05) is 6.92 Å². The van der Waals surface area contributed by atoms with E-state index < -0.39 is 11.9 Å². The number of fused-ring (bicyclic) bond motifs is 1. The Bertz CT molecular complexity index is 1070. The Kier molecular flexibility index (Phi) is 7.02. The van der Waals surface area contributed by atoms with Crippen LogP contribution >= 0.6 is 0 Å². The zero-order chi connectivity index (χ0) is 24.3. The van der Waals surface area contributed by atoms with Crippen molar-refractivity contribution in [2.24, 2.45) is 17.1 Å². The molecule has 2 aliphatic heterocycles. The molecule has 2 aromatic rings. The number of primary amides is 1. The summed E-state index contributed by atoms with van der Waals surface area (Å²) >= 11 is 0. The van der Waals surface area contributed by atoms with Crippen molar-refractivity contribution in [3.63, 3.8) is 0 Å². The van der Waals surface area contributed by atoms with E-state index in [1.54, 1.807) is 4.68 Å². The Hall–Kier alpha value is -3.20. The summed E-state index contributed by atoms with van der Waals surface area (Å²) in [6.07, 6.45) is 3.21. The lowest BCUT2D eigenvalue weighted by Crippen LogP contribution is -2.40. The van der Waals surface area contributed by atoms with E-state index in [4.69, 9.17) is 20.3 Å². The van der Waals surface area contributed by atoms with Gasteiger partial charge >= 0.3 is 5.97 Å². The van der Waals surface area contributed by atoms with E-state index in [1.807, 2.05) is 13.8 Å². The molecule has 2 aliphatic rings. The molecule has 1 saturated heterocycles. The first kappa shape index (κ1) is 23.9. The maximum atomic E-state index is 12.9. The van der Waals surface area contributed by atoms with Crippen molar-refractivity contribution in [1.82, 2.24) is 15.1 Å². The predicted octanol–water partition coefficient (Wildman–Crippen LogP) is 2.12. The van der Waals surface area contributed by atoms with Gasteiger partial charge in [0.1, 0.15) is 5.69 Å². The van der Waals surface area contributed by atoms with Crippen LogP contribution in [0.2, 0.25) is 0 Å². The lowest BCUT2D eigenvalue weighted by atomic mass is 9.75. The third-order valence-electron chi connectivity index (χ3n) is 6.82. The maximum absolute atomic E-state index is 12.9. The quantitative estimate of drug-likeness (QED) is 0.600. The number of carbonyl (C=O) groups is 3. The Balaban J connectivity index is 1.46. The van der Waals surface area contributed by atoms with Gasteiger partial charge in [-0.25, -0.2) is 4.79 Å². The molecule has 3 N–H and O–H groups in total. The van der Waals surface area contributed by atoms with E-state index in [2.05, 4.69) is 5.32 Å². The third kappa shape index (κ3) is 4.99. The van der Waals surface area contributed by atoms with Crippen molar-refractivity contribution >= 4 is 17.8 Å². The molecular formula is C25H32N4O5. The minimum absolute atomic E-state index is 0.00935. The number of ether oxygens (including phenoxy) is 2. The molecular weight excluding hydrogens is 436 g/mol. The van der Waals surface area contributed by atoms with Gasteiger partial charge in [0.2, 0.25) is 5.91 Å². The molecule has 2 amide bonds. The summed E-state index contributed by atoms with van der Waals surface area (Å²) in [6, 6.07) is 6.07. The van der Waals surface area contributed by atoms with E-state index in [0.29, 0.717) is 49.5 Å². The SMILES string of the molecule is CCn1nc(C[C@@H](C)COC(=O)c2ccc(C(N)=O)cc2)c2c1C(=O)NCC1(CCOCC1)C2. The predicted molar refractivity (Wildman–Crippen MR) is 125 cm³/mol. The lowest BCUT2D eigenvalue weighted by molar-refractivity contribution is 0.0160. The summed E-state index contributed by atoms with van der Waals surface area (Å²) < 4.78 is 12.9. The molecule has 0 radical (unpaired) electrons. The normalized spacial score (nSPS) is 18.0. The fourth-order valence-corrected chi connectivity index (χ4v) is 4.79. The molecule has 1 aromatic carbocycles. The molecule has 3 heterocycles. The number of esters is 1. The van der Waals surface area contributed by atoms with Crippen LogP contribution in [0.3, 0.4) is 0 Å². The Morgan fingerprint density at radius 3 is 2.56 bits per heavy atom. The highest BCUT2D eigenvalue weighted by Crippen LogP contribution is 2.38. The summed E-state index contributed by atoms with van der Waals surface area (Å²) in [5, 5.41) is 7.89. The minimum atomic E-state index is -0.546. The minimum Gasteiger partial charge on any atom is -0.462 e. The first-order chi connectivity index (χ1) is 16.3. The van der Waals surface area contributed by atoms with E-state index >= 15 is 0 Å². The molecule has 1 aromatic heterocycles. The molecule has 1 spiro atoms. The van der Waals surface area contributed by atoms with Crippen LogP contribution in [-0.4, -0.2) is 53.9 Å². The molecule has 9 heteroatoms. The summed E-state index contributed by atoms with van der Waals surface area (Å²) in [7, 11) is 0. The number of carbonyl (C=O) groups excluding carboxylic acids is 3. The number of rotatable bonds is 7. The topological polar surface area (TPSA) is 126 Å². The van der Waals surface area contributed by atoms with Gasteiger partial charge < -0.3 is 20.5 Å². The van der Waals surface area contributed by atoms with Crippen LogP contribution in [0.25, 0.3) is 0 Å². The van der Waals surface area contributed by atoms with Gasteiger partial charge in [0.15, 0.2) is 0 Å². The standard InChI is InChI=1S/C25H32N4O5/c1-3-29-21-19(13-25(15-27-23(21)31)8-10-33-11-9-25)20(28-29)12-16(2)14-34-24(32)18-6-4-17(5-7-18)22(26)30/h4-7,16H,3,8-15H2,1-2H3,(H2,26,30)(H,27,31)/t16-/m1/s1. The van der Waals surface area contributed by atoms with Crippen molar-refractivity contribution in [2.45, 2.75) is 46.1 Å². The molecule has 0 bridgehead atoms. The Labute approximate surface area is 199 Å². The number of hydrogen-bond donors (Lipinski definition) is 2. The van der Waals surface area contributed by atoms with Gasteiger partial charge in [-0.05, 0) is 68.2 Å². The molecule has 4 rings (SSSR count). The lowest BCUT2D eigenvalue weighted by Gasteiger charge is -2.36. The number of amides is 2. The Morgan fingerprint density at radius 1 is 1.24 bits per heavy atom. The molecule has 0 aliphatic carbocycles. The third-order valence-corrected chi connectivity index (χ3v) is 6.82. The monoisotopic (exact) mass is 468 g/mol. The number of hydrogen-bond acceptors (Lipinski definition) is 6. The van der Waals surface area contributed by atoms with E-state index in [0.717, 1.165) is 30.5 Å². The number of nitrogens with two attached hydrogens (primary N) is 1. The average molecular weight is 469 g/mol. The van der Waals surface area contributed by atoms with E-state index in [9.17, 15) is 14.4 Å². The molecule has 1 atom stereocenters. The zero-order valence-corrected chi connectivity index (χ0v) is 19.8. The van der Waals surface area contributed by atoms with Crippen LogP contribution in [-0.2, 0) is 28.9 Å². The molecule has 1 fully saturated rings. The second kappa shape index (κ2) is 9.97. The second-order valence-corrected chi connectivity index (χ2v) is 9.41. The number of benzene rings is 1. The average Bonchev–Trinajstić information content (AvgIpc) is 3.11. The van der Waals surface area contributed by atoms with Crippen LogP contribution in [0.15, 0.2) is 24.3 Å². The van der Waals surface area contributed by atoms with E-state index in [1.165, 1.54) is 24.3 Å². The van der Waals surface area contributed by atoms with Crippen molar-refractivity contribution in [3.8, 4) is 0 Å². The van der Waals surface area contributed by atoms with Gasteiger partial charge in [-0.2, -0.15) is 5.10 Å². The largest absolute Gasteiger partial charge is 0.462 e. The second-order valence-electron chi connectivity index (χ2n) is 9.41. The molecule has 34 heavy (non-hydrogen) atoms. The van der Waals surface area contributed by atoms with Gasteiger partial charge in [0.05, 0.1) is 17.9 Å². The smallest absolute Gasteiger partial charge is 0.338 e. The highest BCUT2D eigenvalue weighted by Gasteiger charge is 2.39. The fourth-order valence-electron chi connectivity index (χ4n) is 4.79. The zero-order valence-electron chi connectivity index (χ0n) is 19.8. The summed E-state index contributed by atoms with van der Waals surface area (Å²) in [6.45, 7) is 6.86. The molecule has 0 unspecified atom stereocenters. The summed E-state index contributed by atoms with van der Waals surface area (Å²) in [5.74, 6) is -1.07. The first-order valence-corrected chi connectivity index (χ1v) is 11.8. The van der Waals surface area contributed by atoms with Crippen LogP contribution in [0.1, 0.15) is 69.2 Å². The van der Waals surface area contributed by atoms with Crippen molar-refractivity contribution < 1.29 is 23.9 Å². The van der Waals surface area contributed by atoms with Crippen LogP contribution in [0.4, 0.5) is 0 Å². The highest BCUT2D eigenvalue weighted by molar-refractivity contribution is 5.95. The van der Waals surface area contributed by atoms with Gasteiger partial charge in [0, 0.05) is 37.4 Å². The highest BCUT2D eigenvalue weighted by atomic mass is 16.5. The van der Waals surface area contributed by atoms with Gasteiger partial charge in [-0.15, -0.1) is 0 Å². The van der Waals surface area contributed by atoms with Crippen LogP contribution in [0, 0.1) is 11.3 Å². The van der Waals surface area contributed by atoms with Crippen molar-refractivity contribution in [3.05, 3.63) is 52.3 Å². The number of aryl methyl sites for hydroxylation is 1. The van der Waals surface area contributed by atoms with E-state index in [-0.39, 0.29) is 23.8 Å². The van der Waals surface area contributed by atoms with Crippen LogP contribution in [0.5, 0.6) is 0 Å². The maximum Gasteiger partial charge on any atom is 0.338 e. The van der Waals surface area contributed by atoms with Crippen LogP contribution < -0.4 is 11.1 Å². The molecule has 0 saturated carbocycles. The number of aromatic nitrogens is 2. The summed E-state index contributed by atoms with van der Waals surface area (Å²) in [5.41, 5.74) is 8.49. The molecule has 9 nitrogen and oxygen atoms in total. The van der Waals surface area contributed by atoms with Crippen molar-refractivity contribution in [1.29, 1.82) is 0 Å². The number of nitrogens with one attached hydrogen (secondary N) is 1. The van der Waals surface area contributed by atoms with Gasteiger partial charge in [-0.3, -0.25) is 14.3 Å². The summed E-state index contributed by atoms with van der Waals surface area (Å²) in [4.78, 5) is 36.6.